The predicted octanol–water partition coefficient (Wildman–Crippen LogP) is 3.78. The van der Waals surface area contributed by atoms with E-state index in [2.05, 4.69) is 53.8 Å². The molecule has 2 aliphatic heterocycles. The molecule has 1 aromatic heterocycles. The molecular formula is C25H28N4O2. The Balaban J connectivity index is 1.52. The molecule has 0 bridgehead atoms. The van der Waals surface area contributed by atoms with Crippen LogP contribution < -0.4 is 9.64 Å². The van der Waals surface area contributed by atoms with Crippen LogP contribution in [0, 0.1) is 12.3 Å². The van der Waals surface area contributed by atoms with E-state index >= 15 is 0 Å². The number of carbonyl (C=O) groups is 1. The van der Waals surface area contributed by atoms with Gasteiger partial charge in [-0.2, -0.15) is 5.10 Å². The van der Waals surface area contributed by atoms with Crippen molar-refractivity contribution in [3.8, 4) is 16.9 Å². The Labute approximate surface area is 182 Å². The third-order valence-electron chi connectivity index (χ3n) is 6.90. The summed E-state index contributed by atoms with van der Waals surface area (Å²) in [6, 6.07) is 10.7. The van der Waals surface area contributed by atoms with E-state index < -0.39 is 0 Å². The lowest BCUT2D eigenvalue weighted by atomic mass is 9.79. The molecule has 31 heavy (non-hydrogen) atoms. The summed E-state index contributed by atoms with van der Waals surface area (Å²) < 4.78 is 7.95. The lowest BCUT2D eigenvalue weighted by molar-refractivity contribution is -0.136. The van der Waals surface area contributed by atoms with Crippen molar-refractivity contribution in [3.63, 3.8) is 0 Å². The molecule has 2 saturated heterocycles. The summed E-state index contributed by atoms with van der Waals surface area (Å²) in [5.74, 6) is 0.929. The van der Waals surface area contributed by atoms with Crippen LogP contribution in [-0.4, -0.2) is 53.9 Å². The SMILES string of the molecule is C=CC(=O)N1CC2(CCN(c3cccc(-c4c(C)ccc5cnn(C)c45)c3OC)C2)C1. The van der Waals surface area contributed by atoms with Crippen molar-refractivity contribution in [2.24, 2.45) is 12.5 Å². The minimum absolute atomic E-state index is 0.0309. The maximum Gasteiger partial charge on any atom is 0.245 e. The Morgan fingerprint density at radius 2 is 2.03 bits per heavy atom. The van der Waals surface area contributed by atoms with Gasteiger partial charge in [0, 0.05) is 55.2 Å². The van der Waals surface area contributed by atoms with Gasteiger partial charge in [0.1, 0.15) is 5.75 Å². The Hall–Kier alpha value is -3.28. The monoisotopic (exact) mass is 416 g/mol. The number of aryl methyl sites for hydroxylation is 2. The van der Waals surface area contributed by atoms with Crippen molar-refractivity contribution in [2.45, 2.75) is 13.3 Å². The lowest BCUT2D eigenvalue weighted by Crippen LogP contribution is -2.59. The predicted molar refractivity (Wildman–Crippen MR) is 123 cm³/mol. The third kappa shape index (κ3) is 3.00. The zero-order valence-corrected chi connectivity index (χ0v) is 18.4. The third-order valence-corrected chi connectivity index (χ3v) is 6.90. The second-order valence-corrected chi connectivity index (χ2v) is 8.89. The van der Waals surface area contributed by atoms with Crippen LogP contribution in [-0.2, 0) is 11.8 Å². The van der Waals surface area contributed by atoms with Gasteiger partial charge in [0.05, 0.1) is 24.5 Å². The highest BCUT2D eigenvalue weighted by Gasteiger charge is 2.49. The Kier molecular flexibility index (Phi) is 4.54. The fraction of sp³-hybridized carbons (Fsp3) is 0.360. The first kappa shape index (κ1) is 19.7. The number of fused-ring (bicyclic) bond motifs is 1. The van der Waals surface area contributed by atoms with Gasteiger partial charge in [0.25, 0.3) is 0 Å². The van der Waals surface area contributed by atoms with Crippen molar-refractivity contribution in [2.75, 3.05) is 38.2 Å². The molecule has 3 heterocycles. The summed E-state index contributed by atoms with van der Waals surface area (Å²) in [4.78, 5) is 16.2. The van der Waals surface area contributed by atoms with Gasteiger partial charge >= 0.3 is 0 Å². The molecule has 6 heteroatoms. The van der Waals surface area contributed by atoms with Gasteiger partial charge in [0.15, 0.2) is 0 Å². The highest BCUT2D eigenvalue weighted by molar-refractivity contribution is 5.98. The van der Waals surface area contributed by atoms with Crippen molar-refractivity contribution >= 4 is 22.5 Å². The number of rotatable bonds is 4. The van der Waals surface area contributed by atoms with Crippen LogP contribution in [0.5, 0.6) is 5.75 Å². The van der Waals surface area contributed by atoms with Gasteiger partial charge in [-0.25, -0.2) is 0 Å². The zero-order chi connectivity index (χ0) is 21.8. The number of hydrogen-bond donors (Lipinski definition) is 0. The summed E-state index contributed by atoms with van der Waals surface area (Å²) in [5, 5.41) is 5.59. The van der Waals surface area contributed by atoms with E-state index in [1.54, 1.807) is 7.11 Å². The molecule has 5 rings (SSSR count). The molecule has 2 fully saturated rings. The summed E-state index contributed by atoms with van der Waals surface area (Å²) in [7, 11) is 3.74. The minimum atomic E-state index is 0.0309. The molecule has 2 aromatic carbocycles. The highest BCUT2D eigenvalue weighted by atomic mass is 16.5. The van der Waals surface area contributed by atoms with Crippen LogP contribution in [0.3, 0.4) is 0 Å². The standard InChI is InChI=1S/C25H28N4O2/c1-5-21(30)29-15-25(16-29)11-12-28(14-25)20-8-6-7-19(24(20)31-4)22-17(2)9-10-18-13-26-27(3)23(18)22/h5-10,13H,1,11-12,14-16H2,2-4H3. The van der Waals surface area contributed by atoms with Crippen LogP contribution in [0.25, 0.3) is 22.0 Å². The first-order valence-corrected chi connectivity index (χ1v) is 10.7. The van der Waals surface area contributed by atoms with Crippen molar-refractivity contribution in [1.29, 1.82) is 0 Å². The Bertz CT molecular complexity index is 1190. The van der Waals surface area contributed by atoms with Gasteiger partial charge in [-0.1, -0.05) is 30.8 Å². The van der Waals surface area contributed by atoms with Gasteiger partial charge in [-0.3, -0.25) is 9.48 Å². The topological polar surface area (TPSA) is 50.6 Å². The molecule has 0 N–H and O–H groups in total. The van der Waals surface area contributed by atoms with Crippen molar-refractivity contribution < 1.29 is 9.53 Å². The molecule has 0 unspecified atom stereocenters. The van der Waals surface area contributed by atoms with Crippen molar-refractivity contribution in [3.05, 3.63) is 54.7 Å². The van der Waals surface area contributed by atoms with E-state index in [0.29, 0.717) is 0 Å². The molecule has 160 valence electrons. The van der Waals surface area contributed by atoms with Gasteiger partial charge in [-0.05, 0) is 31.1 Å². The number of carbonyl (C=O) groups excluding carboxylic acids is 1. The molecule has 0 atom stereocenters. The maximum atomic E-state index is 11.9. The number of para-hydroxylation sites is 1. The van der Waals surface area contributed by atoms with E-state index in [0.717, 1.165) is 66.1 Å². The largest absolute Gasteiger partial charge is 0.494 e. The maximum absolute atomic E-state index is 11.9. The molecule has 0 aliphatic carbocycles. The minimum Gasteiger partial charge on any atom is -0.494 e. The average Bonchev–Trinajstić information content (AvgIpc) is 3.36. The van der Waals surface area contributed by atoms with Crippen LogP contribution in [0.15, 0.2) is 49.2 Å². The molecule has 0 saturated carbocycles. The molecule has 2 aliphatic rings. The lowest BCUT2D eigenvalue weighted by Gasteiger charge is -2.47. The van der Waals surface area contributed by atoms with Crippen molar-refractivity contribution in [1.82, 2.24) is 14.7 Å². The number of likely N-dealkylation sites (tertiary alicyclic amines) is 1. The van der Waals surface area contributed by atoms with Gasteiger partial charge < -0.3 is 14.5 Å². The van der Waals surface area contributed by atoms with E-state index in [4.69, 9.17) is 4.74 Å². The van der Waals surface area contributed by atoms with E-state index in [1.165, 1.54) is 11.6 Å². The summed E-state index contributed by atoms with van der Waals surface area (Å²) in [6.45, 7) is 9.26. The molecule has 6 nitrogen and oxygen atoms in total. The number of anilines is 1. The fourth-order valence-electron chi connectivity index (χ4n) is 5.34. The number of benzene rings is 2. The second kappa shape index (κ2) is 7.15. The highest BCUT2D eigenvalue weighted by Crippen LogP contribution is 2.47. The molecule has 3 aromatic rings. The first-order chi connectivity index (χ1) is 15.0. The summed E-state index contributed by atoms with van der Waals surface area (Å²) >= 11 is 0. The quantitative estimate of drug-likeness (QED) is 0.608. The Morgan fingerprint density at radius 3 is 2.77 bits per heavy atom. The average molecular weight is 417 g/mol. The molecular weight excluding hydrogens is 388 g/mol. The Morgan fingerprint density at radius 1 is 1.23 bits per heavy atom. The van der Waals surface area contributed by atoms with E-state index in [-0.39, 0.29) is 11.3 Å². The number of amides is 1. The summed E-state index contributed by atoms with van der Waals surface area (Å²) in [5.41, 5.74) is 5.86. The number of aromatic nitrogens is 2. The van der Waals surface area contributed by atoms with Gasteiger partial charge in [0.2, 0.25) is 5.91 Å². The fourth-order valence-corrected chi connectivity index (χ4v) is 5.34. The number of methoxy groups -OCH3 is 1. The van der Waals surface area contributed by atoms with Crippen LogP contribution >= 0.6 is 0 Å². The number of ether oxygens (including phenoxy) is 1. The number of nitrogens with zero attached hydrogens (tertiary/aromatic N) is 4. The van der Waals surface area contributed by atoms with Crippen LogP contribution in [0.4, 0.5) is 5.69 Å². The number of hydrogen-bond acceptors (Lipinski definition) is 4. The van der Waals surface area contributed by atoms with Crippen LogP contribution in [0.1, 0.15) is 12.0 Å². The van der Waals surface area contributed by atoms with E-state index in [9.17, 15) is 4.79 Å². The normalized spacial score (nSPS) is 17.3. The molecule has 1 amide bonds. The van der Waals surface area contributed by atoms with Crippen LogP contribution in [0.2, 0.25) is 0 Å². The van der Waals surface area contributed by atoms with E-state index in [1.807, 2.05) is 22.8 Å². The molecule has 0 radical (unpaired) electrons. The zero-order valence-electron chi connectivity index (χ0n) is 18.4. The first-order valence-electron chi connectivity index (χ1n) is 10.7. The summed E-state index contributed by atoms with van der Waals surface area (Å²) in [6.07, 6.45) is 4.40. The molecule has 1 spiro atoms. The second-order valence-electron chi connectivity index (χ2n) is 8.89. The van der Waals surface area contributed by atoms with Gasteiger partial charge in [-0.15, -0.1) is 0 Å². The smallest absolute Gasteiger partial charge is 0.245 e.